The number of hydrogen-bond donors (Lipinski definition) is 1. The number of nitrogens with one attached hydrogen (secondary N) is 1. The smallest absolute Gasteiger partial charge is 0.264 e. The van der Waals surface area contributed by atoms with Crippen LogP contribution in [0.1, 0.15) is 32.8 Å². The molecular formula is C29H33BrClN3O5S. The molecule has 0 fully saturated rings. The Morgan fingerprint density at radius 1 is 1.02 bits per heavy atom. The molecule has 0 radical (unpaired) electrons. The van der Waals surface area contributed by atoms with Gasteiger partial charge < -0.3 is 15.0 Å². The molecule has 3 aromatic carbocycles. The summed E-state index contributed by atoms with van der Waals surface area (Å²) in [7, 11) is -2.84. The third kappa shape index (κ3) is 7.77. The summed E-state index contributed by atoms with van der Waals surface area (Å²) in [5.74, 6) is -0.693. The minimum absolute atomic E-state index is 0.00840. The fraction of sp³-hybridized carbons (Fsp3) is 0.310. The fourth-order valence-corrected chi connectivity index (χ4v) is 6.02. The first kappa shape index (κ1) is 31.4. The van der Waals surface area contributed by atoms with E-state index in [4.69, 9.17) is 16.3 Å². The maximum Gasteiger partial charge on any atom is 0.264 e. The standard InChI is InChI=1S/C29H33BrClN3O5S/c1-5-20(2)32-29(36)21(3)33(18-22-10-9-11-23(30)16-22)28(35)19-34(26-17-24(31)14-15-27(26)39-4)40(37,38)25-12-7-6-8-13-25/h6-17,20-21H,5,18-19H2,1-4H3,(H,32,36)/t20-,21-/m1/s1. The molecule has 0 aliphatic rings. The summed E-state index contributed by atoms with van der Waals surface area (Å²) in [6, 6.07) is 18.7. The van der Waals surface area contributed by atoms with Gasteiger partial charge in [-0.15, -0.1) is 0 Å². The quantitative estimate of drug-likeness (QED) is 0.274. The molecule has 0 saturated heterocycles. The molecule has 3 rings (SSSR count). The third-order valence-corrected chi connectivity index (χ3v) is 8.93. The van der Waals surface area contributed by atoms with Crippen molar-refractivity contribution in [1.29, 1.82) is 0 Å². The van der Waals surface area contributed by atoms with E-state index in [1.54, 1.807) is 31.2 Å². The molecule has 11 heteroatoms. The molecule has 0 heterocycles. The maximum atomic E-state index is 14.0. The first-order valence-corrected chi connectivity index (χ1v) is 15.3. The van der Waals surface area contributed by atoms with Crippen LogP contribution in [0.4, 0.5) is 5.69 Å². The Hall–Kier alpha value is -3.08. The molecule has 0 spiro atoms. The molecule has 0 aliphatic carbocycles. The predicted octanol–water partition coefficient (Wildman–Crippen LogP) is 5.64. The maximum absolute atomic E-state index is 14.0. The van der Waals surface area contributed by atoms with Crippen LogP contribution < -0.4 is 14.4 Å². The Morgan fingerprint density at radius 2 is 1.73 bits per heavy atom. The minimum Gasteiger partial charge on any atom is -0.495 e. The highest BCUT2D eigenvalue weighted by Gasteiger charge is 2.34. The van der Waals surface area contributed by atoms with Crippen molar-refractivity contribution in [2.45, 2.75) is 50.7 Å². The van der Waals surface area contributed by atoms with Gasteiger partial charge in [0.05, 0.1) is 17.7 Å². The average Bonchev–Trinajstić information content (AvgIpc) is 2.94. The molecule has 0 bridgehead atoms. The lowest BCUT2D eigenvalue weighted by atomic mass is 10.1. The van der Waals surface area contributed by atoms with Gasteiger partial charge in [-0.05, 0) is 68.3 Å². The lowest BCUT2D eigenvalue weighted by Crippen LogP contribution is -2.52. The van der Waals surface area contributed by atoms with Gasteiger partial charge in [-0.2, -0.15) is 0 Å². The largest absolute Gasteiger partial charge is 0.495 e. The summed E-state index contributed by atoms with van der Waals surface area (Å²) in [6.07, 6.45) is 0.718. The van der Waals surface area contributed by atoms with Crippen LogP contribution in [0.25, 0.3) is 0 Å². The van der Waals surface area contributed by atoms with E-state index in [9.17, 15) is 18.0 Å². The molecule has 0 aliphatic heterocycles. The number of methoxy groups -OCH3 is 1. The minimum atomic E-state index is -4.24. The van der Waals surface area contributed by atoms with Gasteiger partial charge in [0.15, 0.2) is 0 Å². The lowest BCUT2D eigenvalue weighted by Gasteiger charge is -2.33. The van der Waals surface area contributed by atoms with Gasteiger partial charge in [0.1, 0.15) is 18.3 Å². The Labute approximate surface area is 249 Å². The van der Waals surface area contributed by atoms with Gasteiger partial charge >= 0.3 is 0 Å². The number of benzene rings is 3. The van der Waals surface area contributed by atoms with E-state index in [1.807, 2.05) is 38.1 Å². The van der Waals surface area contributed by atoms with Crippen molar-refractivity contribution in [3.8, 4) is 5.75 Å². The highest BCUT2D eigenvalue weighted by Crippen LogP contribution is 2.35. The van der Waals surface area contributed by atoms with Gasteiger partial charge in [-0.25, -0.2) is 8.42 Å². The van der Waals surface area contributed by atoms with E-state index in [1.165, 1.54) is 36.3 Å². The van der Waals surface area contributed by atoms with Crippen molar-refractivity contribution in [2.24, 2.45) is 0 Å². The molecule has 40 heavy (non-hydrogen) atoms. The Morgan fingerprint density at radius 3 is 2.35 bits per heavy atom. The summed E-state index contributed by atoms with van der Waals surface area (Å²) in [5, 5.41) is 3.18. The van der Waals surface area contributed by atoms with E-state index in [0.29, 0.717) is 0 Å². The normalized spacial score (nSPS) is 12.8. The average molecular weight is 651 g/mol. The van der Waals surface area contributed by atoms with E-state index in [-0.39, 0.29) is 39.8 Å². The van der Waals surface area contributed by atoms with E-state index in [0.717, 1.165) is 20.8 Å². The SMILES string of the molecule is CC[C@@H](C)NC(=O)[C@@H](C)N(Cc1cccc(Br)c1)C(=O)CN(c1cc(Cl)ccc1OC)S(=O)(=O)c1ccccc1. The van der Waals surface area contributed by atoms with Gasteiger partial charge in [0.2, 0.25) is 11.8 Å². The zero-order valence-electron chi connectivity index (χ0n) is 22.8. The van der Waals surface area contributed by atoms with E-state index < -0.39 is 28.5 Å². The Balaban J connectivity index is 2.08. The van der Waals surface area contributed by atoms with Gasteiger partial charge in [0, 0.05) is 22.1 Å². The number of carbonyl (C=O) groups is 2. The van der Waals surface area contributed by atoms with Gasteiger partial charge in [-0.3, -0.25) is 13.9 Å². The topological polar surface area (TPSA) is 96.0 Å². The number of sulfonamides is 1. The van der Waals surface area contributed by atoms with Crippen molar-refractivity contribution in [3.05, 3.63) is 87.9 Å². The summed E-state index contributed by atoms with van der Waals surface area (Å²) in [6.45, 7) is 4.95. The molecule has 2 atom stereocenters. The summed E-state index contributed by atoms with van der Waals surface area (Å²) in [5.41, 5.74) is 0.870. The molecule has 0 saturated carbocycles. The van der Waals surface area contributed by atoms with Crippen molar-refractivity contribution in [3.63, 3.8) is 0 Å². The predicted molar refractivity (Wildman–Crippen MR) is 161 cm³/mol. The van der Waals surface area contributed by atoms with Crippen LogP contribution in [0.2, 0.25) is 5.02 Å². The van der Waals surface area contributed by atoms with Crippen LogP contribution in [-0.4, -0.2) is 50.9 Å². The Kier molecular flexibility index (Phi) is 11.0. The first-order chi connectivity index (χ1) is 19.0. The number of hydrogen-bond acceptors (Lipinski definition) is 5. The number of nitrogens with zero attached hydrogens (tertiary/aromatic N) is 2. The van der Waals surface area contributed by atoms with Crippen LogP contribution in [-0.2, 0) is 26.2 Å². The van der Waals surface area contributed by atoms with Gasteiger partial charge in [-0.1, -0.05) is 64.8 Å². The number of amides is 2. The number of rotatable bonds is 12. The van der Waals surface area contributed by atoms with Crippen molar-refractivity contribution in [1.82, 2.24) is 10.2 Å². The Bertz CT molecular complexity index is 1440. The second-order valence-electron chi connectivity index (χ2n) is 9.29. The molecular weight excluding hydrogens is 618 g/mol. The number of ether oxygens (including phenoxy) is 1. The van der Waals surface area contributed by atoms with Crippen molar-refractivity contribution >= 4 is 55.1 Å². The molecule has 1 N–H and O–H groups in total. The molecule has 214 valence electrons. The van der Waals surface area contributed by atoms with Crippen molar-refractivity contribution in [2.75, 3.05) is 18.0 Å². The van der Waals surface area contributed by atoms with Crippen LogP contribution >= 0.6 is 27.5 Å². The van der Waals surface area contributed by atoms with E-state index >= 15 is 0 Å². The van der Waals surface area contributed by atoms with Crippen molar-refractivity contribution < 1.29 is 22.7 Å². The summed E-state index contributed by atoms with van der Waals surface area (Å²) < 4.78 is 35.1. The number of carbonyl (C=O) groups excluding carboxylic acids is 2. The summed E-state index contributed by atoms with van der Waals surface area (Å²) >= 11 is 9.71. The first-order valence-electron chi connectivity index (χ1n) is 12.7. The lowest BCUT2D eigenvalue weighted by molar-refractivity contribution is -0.139. The summed E-state index contributed by atoms with van der Waals surface area (Å²) in [4.78, 5) is 28.6. The second-order valence-corrected chi connectivity index (χ2v) is 12.5. The monoisotopic (exact) mass is 649 g/mol. The molecule has 8 nitrogen and oxygen atoms in total. The second kappa shape index (κ2) is 14.0. The molecule has 0 aromatic heterocycles. The fourth-order valence-electron chi connectivity index (χ4n) is 3.97. The van der Waals surface area contributed by atoms with Crippen LogP contribution in [0, 0.1) is 0 Å². The van der Waals surface area contributed by atoms with Crippen LogP contribution in [0.5, 0.6) is 5.75 Å². The van der Waals surface area contributed by atoms with E-state index in [2.05, 4.69) is 21.2 Å². The van der Waals surface area contributed by atoms with Crippen LogP contribution in [0.3, 0.4) is 0 Å². The highest BCUT2D eigenvalue weighted by molar-refractivity contribution is 9.10. The number of halogens is 2. The number of anilines is 1. The highest BCUT2D eigenvalue weighted by atomic mass is 79.9. The van der Waals surface area contributed by atoms with Gasteiger partial charge in [0.25, 0.3) is 10.0 Å². The molecule has 2 amide bonds. The zero-order valence-corrected chi connectivity index (χ0v) is 26.0. The zero-order chi connectivity index (χ0) is 29.4. The molecule has 3 aromatic rings. The molecule has 0 unspecified atom stereocenters. The van der Waals surface area contributed by atoms with Crippen LogP contribution in [0.15, 0.2) is 82.2 Å². The third-order valence-electron chi connectivity index (χ3n) is 6.43.